The monoisotopic (exact) mass is 788 g/mol. The number of nitrogens with one attached hydrogen (secondary N) is 2. The topological polar surface area (TPSA) is 116 Å². The minimum atomic E-state index is -3.23. The highest BCUT2D eigenvalue weighted by Crippen LogP contribution is 2.59. The third-order valence-electron chi connectivity index (χ3n) is 12.9. The highest BCUT2D eigenvalue weighted by atomic mass is 19.3. The van der Waals surface area contributed by atoms with Crippen molar-refractivity contribution >= 4 is 23.2 Å². The SMILES string of the molecule is CC(C)(C)OC(=O)N1CC2(CC2)C[C@H]1c1ncc(-c2ccc3c(c2)C(F)(F)c2cc(-c4ccc5nc([C@@H]6CC7CCCC7N6C(=O)OC(C)(C)C)[nH]c5c4)ccc2-3)[nH]1. The van der Waals surface area contributed by atoms with Gasteiger partial charge < -0.3 is 19.4 Å². The number of alkyl halides is 2. The summed E-state index contributed by atoms with van der Waals surface area (Å²) < 4.78 is 44.7. The Hall–Kier alpha value is -5.26. The molecule has 2 aromatic heterocycles. The quantitative estimate of drug-likeness (QED) is 0.187. The van der Waals surface area contributed by atoms with Gasteiger partial charge in [0.15, 0.2) is 0 Å². The molecule has 3 aliphatic carbocycles. The third-order valence-corrected chi connectivity index (χ3v) is 12.9. The van der Waals surface area contributed by atoms with Crippen molar-refractivity contribution in [3.63, 3.8) is 0 Å². The molecule has 0 radical (unpaired) electrons. The van der Waals surface area contributed by atoms with Crippen LogP contribution in [0.2, 0.25) is 0 Å². The largest absolute Gasteiger partial charge is 0.444 e. The molecule has 4 fully saturated rings. The van der Waals surface area contributed by atoms with E-state index in [1.165, 1.54) is 0 Å². The molecule has 4 atom stereocenters. The van der Waals surface area contributed by atoms with Crippen molar-refractivity contribution in [2.24, 2.45) is 11.3 Å². The maximum absolute atomic E-state index is 16.5. The first-order chi connectivity index (χ1) is 27.5. The molecule has 5 aromatic rings. The number of hydrogen-bond donors (Lipinski definition) is 2. The molecule has 302 valence electrons. The van der Waals surface area contributed by atoms with Crippen molar-refractivity contribution in [1.82, 2.24) is 29.7 Å². The number of imidazole rings is 2. The number of carbonyl (C=O) groups is 2. The number of carbonyl (C=O) groups excluding carboxylic acids is 2. The van der Waals surface area contributed by atoms with Gasteiger partial charge in [0.25, 0.3) is 5.92 Å². The van der Waals surface area contributed by atoms with Crippen molar-refractivity contribution in [1.29, 1.82) is 0 Å². The van der Waals surface area contributed by atoms with E-state index in [2.05, 4.69) is 15.0 Å². The molecule has 0 bridgehead atoms. The lowest BCUT2D eigenvalue weighted by atomic mass is 9.98. The van der Waals surface area contributed by atoms with E-state index in [9.17, 15) is 9.59 Å². The van der Waals surface area contributed by atoms with Crippen LogP contribution < -0.4 is 0 Å². The van der Waals surface area contributed by atoms with Gasteiger partial charge in [-0.15, -0.1) is 0 Å². The third kappa shape index (κ3) is 6.25. The summed E-state index contributed by atoms with van der Waals surface area (Å²) >= 11 is 0. The Balaban J connectivity index is 0.908. The number of amides is 2. The number of ether oxygens (including phenoxy) is 2. The number of aromatic nitrogens is 4. The van der Waals surface area contributed by atoms with Crippen LogP contribution in [0.4, 0.5) is 18.4 Å². The molecule has 5 aliphatic rings. The number of aromatic amines is 2. The zero-order valence-corrected chi connectivity index (χ0v) is 33.9. The van der Waals surface area contributed by atoms with Crippen molar-refractivity contribution in [2.75, 3.05) is 6.54 Å². The number of fused-ring (bicyclic) bond motifs is 5. The lowest BCUT2D eigenvalue weighted by Crippen LogP contribution is -2.41. The van der Waals surface area contributed by atoms with E-state index < -0.39 is 17.1 Å². The molecule has 4 heterocycles. The Kier molecular flexibility index (Phi) is 8.06. The van der Waals surface area contributed by atoms with E-state index >= 15 is 8.78 Å². The highest BCUT2D eigenvalue weighted by Gasteiger charge is 2.55. The molecule has 2 amide bonds. The lowest BCUT2D eigenvalue weighted by molar-refractivity contribution is 0.0129. The van der Waals surface area contributed by atoms with Crippen LogP contribution in [0, 0.1) is 11.3 Å². The van der Waals surface area contributed by atoms with E-state index in [1.807, 2.05) is 76.8 Å². The van der Waals surface area contributed by atoms with Gasteiger partial charge in [-0.3, -0.25) is 9.80 Å². The van der Waals surface area contributed by atoms with Crippen LogP contribution in [0.3, 0.4) is 0 Å². The lowest BCUT2D eigenvalue weighted by Gasteiger charge is -2.31. The molecular weight excluding hydrogens is 739 g/mol. The molecule has 10 rings (SSSR count). The van der Waals surface area contributed by atoms with Crippen LogP contribution in [-0.2, 0) is 15.4 Å². The van der Waals surface area contributed by atoms with Gasteiger partial charge in [-0.25, -0.2) is 19.6 Å². The van der Waals surface area contributed by atoms with Crippen molar-refractivity contribution in [3.8, 4) is 33.5 Å². The second kappa shape index (κ2) is 12.6. The average molecular weight is 789 g/mol. The van der Waals surface area contributed by atoms with Gasteiger partial charge in [0.1, 0.15) is 22.9 Å². The van der Waals surface area contributed by atoms with E-state index in [1.54, 1.807) is 35.4 Å². The predicted molar refractivity (Wildman–Crippen MR) is 216 cm³/mol. The second-order valence-corrected chi connectivity index (χ2v) is 19.4. The van der Waals surface area contributed by atoms with Gasteiger partial charge in [0.2, 0.25) is 0 Å². The van der Waals surface area contributed by atoms with Crippen LogP contribution >= 0.6 is 0 Å². The van der Waals surface area contributed by atoms with Crippen molar-refractivity contribution in [3.05, 3.63) is 83.6 Å². The molecule has 2 N–H and O–H groups in total. The summed E-state index contributed by atoms with van der Waals surface area (Å²) in [6.07, 6.45) is 7.89. The smallest absolute Gasteiger partial charge is 0.411 e. The zero-order valence-electron chi connectivity index (χ0n) is 33.9. The molecule has 10 nitrogen and oxygen atoms in total. The number of halogens is 2. The zero-order chi connectivity index (χ0) is 40.5. The Morgan fingerprint density at radius 2 is 1.45 bits per heavy atom. The summed E-state index contributed by atoms with van der Waals surface area (Å²) in [4.78, 5) is 46.8. The molecule has 2 saturated carbocycles. The van der Waals surface area contributed by atoms with E-state index in [0.717, 1.165) is 67.4 Å². The summed E-state index contributed by atoms with van der Waals surface area (Å²) in [5.41, 5.74) is 4.02. The Bertz CT molecular complexity index is 2490. The van der Waals surface area contributed by atoms with Gasteiger partial charge >= 0.3 is 12.2 Å². The van der Waals surface area contributed by atoms with Crippen LogP contribution in [0.1, 0.15) is 121 Å². The van der Waals surface area contributed by atoms with E-state index in [0.29, 0.717) is 46.2 Å². The van der Waals surface area contributed by atoms with Gasteiger partial charge in [-0.2, -0.15) is 8.78 Å². The van der Waals surface area contributed by atoms with Crippen LogP contribution in [0.15, 0.2) is 60.8 Å². The first kappa shape index (κ1) is 37.0. The molecule has 2 saturated heterocycles. The van der Waals surface area contributed by atoms with Gasteiger partial charge in [-0.1, -0.05) is 36.8 Å². The van der Waals surface area contributed by atoms with Crippen molar-refractivity contribution in [2.45, 2.75) is 122 Å². The van der Waals surface area contributed by atoms with Crippen LogP contribution in [-0.4, -0.2) is 65.7 Å². The number of H-pyrrole nitrogens is 2. The minimum Gasteiger partial charge on any atom is -0.444 e. The molecule has 58 heavy (non-hydrogen) atoms. The fraction of sp³-hybridized carbons (Fsp3) is 0.478. The summed E-state index contributed by atoms with van der Waals surface area (Å²) in [5.74, 6) is -1.46. The normalized spacial score (nSPS) is 24.0. The fourth-order valence-electron chi connectivity index (χ4n) is 10.1. The summed E-state index contributed by atoms with van der Waals surface area (Å²) in [6, 6.07) is 15.9. The minimum absolute atomic E-state index is 0.0352. The standard InChI is InChI=1S/C46H50F2N6O4/c1-43(2,3)57-41(55)53-24-45(16-17-45)22-38(53)39-49-23-35(52-39)27-11-14-30-29-13-10-25(18-31(29)46(47,48)32(30)19-27)26-12-15-33-34(20-26)51-40(50-33)37-21-28-8-7-9-36(28)54(37)42(56)58-44(4,5)6/h10-15,18-20,23,28,36-38H,7-9,16-17,21-22,24H2,1-6H3,(H,49,52)(H,50,51)/t28?,36?,37-,38-/m0/s1. The molecular formula is C46H50F2N6O4. The second-order valence-electron chi connectivity index (χ2n) is 19.4. The first-order valence-corrected chi connectivity index (χ1v) is 20.7. The predicted octanol–water partition coefficient (Wildman–Crippen LogP) is 11.1. The average Bonchev–Trinajstić information content (AvgIpc) is 3.78. The number of hydrogen-bond acceptors (Lipinski definition) is 6. The Labute approximate surface area is 336 Å². The maximum Gasteiger partial charge on any atom is 0.411 e. The molecule has 3 aromatic carbocycles. The van der Waals surface area contributed by atoms with Gasteiger partial charge in [-0.05, 0) is 138 Å². The van der Waals surface area contributed by atoms with Gasteiger partial charge in [0.05, 0.1) is 35.0 Å². The summed E-state index contributed by atoms with van der Waals surface area (Å²) in [7, 11) is 0. The molecule has 1 spiro atoms. The highest BCUT2D eigenvalue weighted by molar-refractivity contribution is 5.87. The number of likely N-dealkylation sites (tertiary alicyclic amines) is 2. The van der Waals surface area contributed by atoms with Crippen LogP contribution in [0.5, 0.6) is 0 Å². The summed E-state index contributed by atoms with van der Waals surface area (Å²) in [6.45, 7) is 11.8. The van der Waals surface area contributed by atoms with Crippen LogP contribution in [0.25, 0.3) is 44.5 Å². The van der Waals surface area contributed by atoms with E-state index in [4.69, 9.17) is 14.5 Å². The summed E-state index contributed by atoms with van der Waals surface area (Å²) in [5, 5.41) is 0. The first-order valence-electron chi connectivity index (χ1n) is 20.7. The fourth-order valence-corrected chi connectivity index (χ4v) is 10.1. The van der Waals surface area contributed by atoms with Crippen molar-refractivity contribution < 1.29 is 27.8 Å². The van der Waals surface area contributed by atoms with Gasteiger partial charge in [0, 0.05) is 29.3 Å². The molecule has 2 aliphatic heterocycles. The van der Waals surface area contributed by atoms with E-state index in [-0.39, 0.29) is 46.9 Å². The Morgan fingerprint density at radius 3 is 2.16 bits per heavy atom. The Morgan fingerprint density at radius 1 is 0.793 bits per heavy atom. The number of benzene rings is 3. The molecule has 12 heteroatoms. The molecule has 2 unspecified atom stereocenters. The number of nitrogens with zero attached hydrogens (tertiary/aromatic N) is 4. The number of rotatable bonds is 4. The maximum atomic E-state index is 16.5.